The number of hydrogen-bond donors (Lipinski definition) is 2. The molecule has 1 aliphatic carbocycles. The Morgan fingerprint density at radius 1 is 1.38 bits per heavy atom. The molecule has 1 saturated carbocycles. The lowest BCUT2D eigenvalue weighted by Gasteiger charge is -2.30. The molecule has 2 heterocycles. The van der Waals surface area contributed by atoms with Gasteiger partial charge in [0.25, 0.3) is 0 Å². The number of likely N-dealkylation sites (tertiary alicyclic amines) is 1. The smallest absolute Gasteiger partial charge is 0.407 e. The first-order valence-electron chi connectivity index (χ1n) is 7.22. The molecular weight excluding hydrogens is 270 g/mol. The van der Waals surface area contributed by atoms with Gasteiger partial charge in [0.05, 0.1) is 11.9 Å². The van der Waals surface area contributed by atoms with Crippen molar-refractivity contribution < 1.29 is 14.7 Å². The molecule has 2 fully saturated rings. The van der Waals surface area contributed by atoms with E-state index in [0.29, 0.717) is 13.1 Å². The second-order valence-electron chi connectivity index (χ2n) is 6.07. The Morgan fingerprint density at radius 3 is 2.67 bits per heavy atom. The second kappa shape index (κ2) is 5.02. The van der Waals surface area contributed by atoms with Crippen LogP contribution in [0, 0.1) is 18.3 Å². The van der Waals surface area contributed by atoms with E-state index in [9.17, 15) is 9.59 Å². The van der Waals surface area contributed by atoms with Crippen molar-refractivity contribution in [2.75, 3.05) is 18.4 Å². The third kappa shape index (κ3) is 2.70. The van der Waals surface area contributed by atoms with E-state index in [1.165, 1.54) is 4.90 Å². The van der Waals surface area contributed by atoms with Crippen LogP contribution in [0.25, 0.3) is 0 Å². The average Bonchev–Trinajstić information content (AvgIpc) is 3.16. The van der Waals surface area contributed by atoms with Crippen molar-refractivity contribution in [1.29, 1.82) is 0 Å². The molecule has 0 radical (unpaired) electrons. The number of piperidine rings is 1. The van der Waals surface area contributed by atoms with Crippen LogP contribution in [0.1, 0.15) is 25.0 Å². The molecule has 6 heteroatoms. The Morgan fingerprint density at radius 2 is 2.10 bits per heavy atom. The molecule has 6 nitrogen and oxygen atoms in total. The average molecular weight is 289 g/mol. The zero-order valence-corrected chi connectivity index (χ0v) is 12.0. The molecular formula is C15H19N3O3. The van der Waals surface area contributed by atoms with Crippen LogP contribution >= 0.6 is 0 Å². The molecule has 1 unspecified atom stereocenters. The van der Waals surface area contributed by atoms with Crippen LogP contribution in [-0.2, 0) is 4.79 Å². The summed E-state index contributed by atoms with van der Waals surface area (Å²) in [6, 6.07) is 3.71. The molecule has 3 rings (SSSR count). The van der Waals surface area contributed by atoms with Crippen molar-refractivity contribution in [3.05, 3.63) is 24.0 Å². The molecule has 1 saturated heterocycles. The van der Waals surface area contributed by atoms with Crippen molar-refractivity contribution in [3.8, 4) is 0 Å². The van der Waals surface area contributed by atoms with E-state index in [4.69, 9.17) is 5.11 Å². The highest BCUT2D eigenvalue weighted by atomic mass is 16.4. The van der Waals surface area contributed by atoms with Gasteiger partial charge in [-0.3, -0.25) is 9.78 Å². The molecule has 2 N–H and O–H groups in total. The Balaban J connectivity index is 1.56. The molecule has 2 amide bonds. The van der Waals surface area contributed by atoms with Gasteiger partial charge in [0.1, 0.15) is 0 Å². The van der Waals surface area contributed by atoms with Crippen LogP contribution in [0.2, 0.25) is 0 Å². The molecule has 1 aromatic heterocycles. The summed E-state index contributed by atoms with van der Waals surface area (Å²) in [5.74, 6) is 0.0409. The molecule has 1 atom stereocenters. The van der Waals surface area contributed by atoms with E-state index in [1.54, 1.807) is 6.20 Å². The first-order chi connectivity index (χ1) is 10.00. The molecule has 2 aliphatic rings. The molecule has 1 aliphatic heterocycles. The first kappa shape index (κ1) is 13.9. The number of pyridine rings is 1. The maximum absolute atomic E-state index is 12.3. The number of carbonyl (C=O) groups is 2. The topological polar surface area (TPSA) is 82.5 Å². The molecule has 1 aromatic rings. The second-order valence-corrected chi connectivity index (χ2v) is 6.07. The van der Waals surface area contributed by atoms with Gasteiger partial charge >= 0.3 is 6.09 Å². The number of aromatic nitrogens is 1. The summed E-state index contributed by atoms with van der Waals surface area (Å²) in [4.78, 5) is 28.8. The lowest BCUT2D eigenvalue weighted by molar-refractivity contribution is -0.118. The Labute approximate surface area is 123 Å². The number of hydrogen-bond acceptors (Lipinski definition) is 3. The van der Waals surface area contributed by atoms with Crippen molar-refractivity contribution in [2.24, 2.45) is 11.3 Å². The van der Waals surface area contributed by atoms with Gasteiger partial charge in [0, 0.05) is 24.7 Å². The van der Waals surface area contributed by atoms with Gasteiger partial charge in [-0.25, -0.2) is 4.79 Å². The fraction of sp³-hybridized carbons (Fsp3) is 0.533. The third-order valence-corrected chi connectivity index (χ3v) is 4.71. The predicted molar refractivity (Wildman–Crippen MR) is 77.0 cm³/mol. The van der Waals surface area contributed by atoms with Crippen molar-refractivity contribution in [1.82, 2.24) is 9.88 Å². The summed E-state index contributed by atoms with van der Waals surface area (Å²) in [6.45, 7) is 2.97. The third-order valence-electron chi connectivity index (χ3n) is 4.71. The first-order valence-corrected chi connectivity index (χ1v) is 7.22. The standard InChI is InChI=1S/C15H19N3O3/c1-10-2-3-11(9-16-10)17-13(19)12-8-15(12)4-6-18(7-5-15)14(20)21/h2-3,9,12H,4-8H2,1H3,(H,17,19)(H,20,21). The highest BCUT2D eigenvalue weighted by molar-refractivity contribution is 5.95. The molecule has 21 heavy (non-hydrogen) atoms. The van der Waals surface area contributed by atoms with E-state index in [2.05, 4.69) is 10.3 Å². The summed E-state index contributed by atoms with van der Waals surface area (Å²) >= 11 is 0. The van der Waals surface area contributed by atoms with Gasteiger partial charge in [-0.2, -0.15) is 0 Å². The van der Waals surface area contributed by atoms with Gasteiger partial charge in [-0.05, 0) is 43.7 Å². The minimum atomic E-state index is -0.864. The number of carbonyl (C=O) groups excluding carboxylic acids is 1. The quantitative estimate of drug-likeness (QED) is 0.873. The summed E-state index contributed by atoms with van der Waals surface area (Å²) in [6.07, 6.45) is 3.23. The molecule has 1 spiro atoms. The Hall–Kier alpha value is -2.11. The largest absolute Gasteiger partial charge is 0.465 e. The highest BCUT2D eigenvalue weighted by Gasteiger charge is 2.58. The molecule has 112 valence electrons. The Bertz CT molecular complexity index is 562. The minimum absolute atomic E-state index is 0.00903. The normalized spacial score (nSPS) is 22.9. The van der Waals surface area contributed by atoms with Crippen LogP contribution in [0.4, 0.5) is 10.5 Å². The highest BCUT2D eigenvalue weighted by Crippen LogP contribution is 2.59. The van der Waals surface area contributed by atoms with Crippen LogP contribution < -0.4 is 5.32 Å². The molecule has 0 aromatic carbocycles. The lowest BCUT2D eigenvalue weighted by Crippen LogP contribution is -2.39. The zero-order valence-electron chi connectivity index (χ0n) is 12.0. The van der Waals surface area contributed by atoms with E-state index in [0.717, 1.165) is 30.6 Å². The summed E-state index contributed by atoms with van der Waals surface area (Å²) < 4.78 is 0. The fourth-order valence-corrected chi connectivity index (χ4v) is 3.19. The van der Waals surface area contributed by atoms with Crippen molar-refractivity contribution in [2.45, 2.75) is 26.2 Å². The van der Waals surface area contributed by atoms with Crippen molar-refractivity contribution >= 4 is 17.7 Å². The fourth-order valence-electron chi connectivity index (χ4n) is 3.19. The van der Waals surface area contributed by atoms with Gasteiger partial charge in [-0.15, -0.1) is 0 Å². The maximum atomic E-state index is 12.3. The van der Waals surface area contributed by atoms with Gasteiger partial charge in [0.2, 0.25) is 5.91 Å². The van der Waals surface area contributed by atoms with Crippen molar-refractivity contribution in [3.63, 3.8) is 0 Å². The lowest BCUT2D eigenvalue weighted by atomic mass is 9.91. The van der Waals surface area contributed by atoms with Gasteiger partial charge in [-0.1, -0.05) is 0 Å². The number of carboxylic acid groups (broad SMARTS) is 1. The monoisotopic (exact) mass is 289 g/mol. The molecule has 0 bridgehead atoms. The van der Waals surface area contributed by atoms with E-state index >= 15 is 0 Å². The summed E-state index contributed by atoms with van der Waals surface area (Å²) in [7, 11) is 0. The van der Waals surface area contributed by atoms with Gasteiger partial charge in [0.15, 0.2) is 0 Å². The number of amides is 2. The maximum Gasteiger partial charge on any atom is 0.407 e. The van der Waals surface area contributed by atoms with Crippen LogP contribution in [0.3, 0.4) is 0 Å². The van der Waals surface area contributed by atoms with E-state index < -0.39 is 6.09 Å². The SMILES string of the molecule is Cc1ccc(NC(=O)C2CC23CCN(C(=O)O)CC3)cn1. The number of nitrogens with one attached hydrogen (secondary N) is 1. The predicted octanol–water partition coefficient (Wildman–Crippen LogP) is 2.11. The van der Waals surface area contributed by atoms with Crippen LogP contribution in [-0.4, -0.2) is 40.1 Å². The zero-order chi connectivity index (χ0) is 15.0. The number of nitrogens with zero attached hydrogens (tertiary/aromatic N) is 2. The van der Waals surface area contributed by atoms with Crippen LogP contribution in [0.5, 0.6) is 0 Å². The summed E-state index contributed by atoms with van der Waals surface area (Å²) in [5, 5.41) is 11.9. The minimum Gasteiger partial charge on any atom is -0.465 e. The summed E-state index contributed by atoms with van der Waals surface area (Å²) in [5.41, 5.74) is 1.65. The van der Waals surface area contributed by atoms with E-state index in [1.807, 2.05) is 19.1 Å². The number of anilines is 1. The van der Waals surface area contributed by atoms with Crippen LogP contribution in [0.15, 0.2) is 18.3 Å². The van der Waals surface area contributed by atoms with E-state index in [-0.39, 0.29) is 17.2 Å². The number of rotatable bonds is 2. The number of aryl methyl sites for hydroxylation is 1. The Kier molecular flexibility index (Phi) is 3.31. The van der Waals surface area contributed by atoms with Gasteiger partial charge < -0.3 is 15.3 Å².